The van der Waals surface area contributed by atoms with Crippen LogP contribution in [0, 0.1) is 6.92 Å². The van der Waals surface area contributed by atoms with E-state index in [-0.39, 0.29) is 24.1 Å². The van der Waals surface area contributed by atoms with Crippen LogP contribution in [-0.2, 0) is 16.1 Å². The molecule has 0 bridgehead atoms. The van der Waals surface area contributed by atoms with E-state index in [1.54, 1.807) is 19.1 Å². The molecule has 0 saturated carbocycles. The van der Waals surface area contributed by atoms with Gasteiger partial charge in [0.1, 0.15) is 5.70 Å². The first-order valence-electron chi connectivity index (χ1n) is 7.30. The molecule has 1 aliphatic heterocycles. The van der Waals surface area contributed by atoms with E-state index in [1.807, 2.05) is 30.3 Å². The molecule has 1 N–H and O–H groups in total. The van der Waals surface area contributed by atoms with Crippen molar-refractivity contribution in [3.63, 3.8) is 0 Å². The van der Waals surface area contributed by atoms with Crippen molar-refractivity contribution in [2.45, 2.75) is 13.5 Å². The topological polar surface area (TPSA) is 49.4 Å². The maximum absolute atomic E-state index is 12.5. The van der Waals surface area contributed by atoms with Gasteiger partial charge in [-0.05, 0) is 30.2 Å². The van der Waals surface area contributed by atoms with Crippen molar-refractivity contribution in [1.82, 2.24) is 4.90 Å². The molecule has 1 aliphatic rings. The highest BCUT2D eigenvalue weighted by Crippen LogP contribution is 2.29. The Hall–Kier alpha value is -2.30. The van der Waals surface area contributed by atoms with Crippen LogP contribution in [0.4, 0.5) is 5.69 Å². The Morgan fingerprint density at radius 3 is 2.29 bits per heavy atom. The second-order valence-corrected chi connectivity index (χ2v) is 6.28. The largest absolute Gasteiger partial charge is 0.351 e. The van der Waals surface area contributed by atoms with Crippen LogP contribution in [0.15, 0.2) is 54.2 Å². The van der Waals surface area contributed by atoms with E-state index in [1.165, 1.54) is 11.0 Å². The number of rotatable bonds is 4. The summed E-state index contributed by atoms with van der Waals surface area (Å²) >= 11 is 12.2. The Balaban J connectivity index is 1.77. The van der Waals surface area contributed by atoms with Crippen molar-refractivity contribution in [1.29, 1.82) is 0 Å². The van der Waals surface area contributed by atoms with Gasteiger partial charge in [0.2, 0.25) is 0 Å². The van der Waals surface area contributed by atoms with Gasteiger partial charge in [-0.3, -0.25) is 14.5 Å². The molecule has 0 spiro atoms. The van der Waals surface area contributed by atoms with Gasteiger partial charge in [-0.25, -0.2) is 0 Å². The van der Waals surface area contributed by atoms with Gasteiger partial charge >= 0.3 is 0 Å². The Morgan fingerprint density at radius 1 is 1.04 bits per heavy atom. The zero-order valence-electron chi connectivity index (χ0n) is 12.8. The number of anilines is 1. The minimum absolute atomic E-state index is 0.201. The van der Waals surface area contributed by atoms with Crippen LogP contribution in [0.25, 0.3) is 0 Å². The van der Waals surface area contributed by atoms with Gasteiger partial charge in [0, 0.05) is 21.8 Å². The van der Waals surface area contributed by atoms with Crippen LogP contribution in [-0.4, -0.2) is 16.7 Å². The molecule has 0 radical (unpaired) electrons. The van der Waals surface area contributed by atoms with Crippen molar-refractivity contribution >= 4 is 40.7 Å². The standard InChI is InChI=1S/C18H14Cl2N2O2/c1-11-14(19)7-13(8-15(11)20)21-16-9-17(23)22(18(16)24)10-12-5-3-2-4-6-12/h2-9,21H,10H2,1H3. The maximum atomic E-state index is 12.5. The number of benzene rings is 2. The van der Waals surface area contributed by atoms with Gasteiger partial charge < -0.3 is 5.32 Å². The van der Waals surface area contributed by atoms with Gasteiger partial charge in [0.15, 0.2) is 0 Å². The Morgan fingerprint density at radius 2 is 1.67 bits per heavy atom. The normalized spacial score (nSPS) is 14.1. The summed E-state index contributed by atoms with van der Waals surface area (Å²) in [6.45, 7) is 2.04. The fraction of sp³-hybridized carbons (Fsp3) is 0.111. The molecule has 0 saturated heterocycles. The van der Waals surface area contributed by atoms with Crippen molar-refractivity contribution in [3.8, 4) is 0 Å². The third-order valence-electron chi connectivity index (χ3n) is 3.75. The highest BCUT2D eigenvalue weighted by Gasteiger charge is 2.31. The number of nitrogens with one attached hydrogen (secondary N) is 1. The first kappa shape index (κ1) is 16.6. The zero-order chi connectivity index (χ0) is 17.3. The molecule has 0 atom stereocenters. The van der Waals surface area contributed by atoms with Gasteiger partial charge in [0.25, 0.3) is 11.8 Å². The molecular formula is C18H14Cl2N2O2. The molecule has 6 heteroatoms. The summed E-state index contributed by atoms with van der Waals surface area (Å²) in [6.07, 6.45) is 1.28. The molecule has 2 aromatic rings. The number of nitrogens with zero attached hydrogens (tertiary/aromatic N) is 1. The van der Waals surface area contributed by atoms with Crippen LogP contribution in [0.2, 0.25) is 10.0 Å². The van der Waals surface area contributed by atoms with E-state index >= 15 is 0 Å². The van der Waals surface area contributed by atoms with E-state index in [2.05, 4.69) is 5.32 Å². The summed E-state index contributed by atoms with van der Waals surface area (Å²) in [5.41, 5.74) is 2.41. The molecular weight excluding hydrogens is 347 g/mol. The SMILES string of the molecule is Cc1c(Cl)cc(NC2=CC(=O)N(Cc3ccccc3)C2=O)cc1Cl. The number of amides is 2. The summed E-state index contributed by atoms with van der Waals surface area (Å²) in [5.74, 6) is -0.729. The van der Waals surface area contributed by atoms with Crippen molar-refractivity contribution in [3.05, 3.63) is 75.4 Å². The summed E-state index contributed by atoms with van der Waals surface area (Å²) in [4.78, 5) is 25.8. The van der Waals surface area contributed by atoms with Gasteiger partial charge in [-0.1, -0.05) is 53.5 Å². The number of imide groups is 1. The van der Waals surface area contributed by atoms with Crippen LogP contribution in [0.1, 0.15) is 11.1 Å². The summed E-state index contributed by atoms with van der Waals surface area (Å²) in [6, 6.07) is 12.7. The number of halogens is 2. The lowest BCUT2D eigenvalue weighted by Gasteiger charge is -2.15. The maximum Gasteiger partial charge on any atom is 0.277 e. The van der Waals surface area contributed by atoms with Crippen molar-refractivity contribution in [2.75, 3.05) is 5.32 Å². The van der Waals surface area contributed by atoms with Crippen LogP contribution in [0.5, 0.6) is 0 Å². The molecule has 2 aromatic carbocycles. The first-order valence-corrected chi connectivity index (χ1v) is 8.05. The Bertz CT molecular complexity index is 824. The highest BCUT2D eigenvalue weighted by atomic mass is 35.5. The molecule has 0 unspecified atom stereocenters. The van der Waals surface area contributed by atoms with Crippen molar-refractivity contribution in [2.24, 2.45) is 0 Å². The third-order valence-corrected chi connectivity index (χ3v) is 4.54. The van der Waals surface area contributed by atoms with E-state index in [0.29, 0.717) is 15.7 Å². The number of carbonyl (C=O) groups is 2. The number of hydrogen-bond acceptors (Lipinski definition) is 3. The summed E-state index contributed by atoms with van der Waals surface area (Å²) < 4.78 is 0. The second-order valence-electron chi connectivity index (χ2n) is 5.46. The number of hydrogen-bond donors (Lipinski definition) is 1. The molecule has 0 aromatic heterocycles. The lowest BCUT2D eigenvalue weighted by atomic mass is 10.2. The fourth-order valence-corrected chi connectivity index (χ4v) is 2.87. The average molecular weight is 361 g/mol. The Labute approximate surface area is 149 Å². The highest BCUT2D eigenvalue weighted by molar-refractivity contribution is 6.36. The van der Waals surface area contributed by atoms with E-state index in [9.17, 15) is 9.59 Å². The van der Waals surface area contributed by atoms with Crippen LogP contribution in [0.3, 0.4) is 0 Å². The first-order chi connectivity index (χ1) is 11.5. The molecule has 1 heterocycles. The van der Waals surface area contributed by atoms with Gasteiger partial charge in [-0.2, -0.15) is 0 Å². The van der Waals surface area contributed by atoms with E-state index in [4.69, 9.17) is 23.2 Å². The second kappa shape index (κ2) is 6.67. The molecule has 24 heavy (non-hydrogen) atoms. The molecule has 4 nitrogen and oxygen atoms in total. The minimum Gasteiger partial charge on any atom is -0.351 e. The molecule has 122 valence electrons. The third kappa shape index (κ3) is 3.30. The molecule has 3 rings (SSSR count). The monoisotopic (exact) mass is 360 g/mol. The van der Waals surface area contributed by atoms with Gasteiger partial charge in [-0.15, -0.1) is 0 Å². The fourth-order valence-electron chi connectivity index (χ4n) is 2.39. The lowest BCUT2D eigenvalue weighted by Crippen LogP contribution is -2.31. The predicted octanol–water partition coefficient (Wildman–Crippen LogP) is 4.17. The summed E-state index contributed by atoms with van der Waals surface area (Å²) in [5, 5.41) is 3.90. The van der Waals surface area contributed by atoms with Gasteiger partial charge in [0.05, 0.1) is 6.54 Å². The lowest BCUT2D eigenvalue weighted by molar-refractivity contribution is -0.137. The molecule has 2 amide bonds. The Kier molecular flexibility index (Phi) is 4.60. The number of carbonyl (C=O) groups excluding carboxylic acids is 2. The molecule has 0 aliphatic carbocycles. The van der Waals surface area contributed by atoms with Crippen LogP contribution < -0.4 is 5.32 Å². The predicted molar refractivity (Wildman–Crippen MR) is 94.9 cm³/mol. The smallest absolute Gasteiger partial charge is 0.277 e. The zero-order valence-corrected chi connectivity index (χ0v) is 14.4. The minimum atomic E-state index is -0.378. The average Bonchev–Trinajstić information content (AvgIpc) is 2.81. The van der Waals surface area contributed by atoms with Crippen molar-refractivity contribution < 1.29 is 9.59 Å². The van der Waals surface area contributed by atoms with E-state index < -0.39 is 0 Å². The molecule has 0 fully saturated rings. The quantitative estimate of drug-likeness (QED) is 0.832. The summed E-state index contributed by atoms with van der Waals surface area (Å²) in [7, 11) is 0. The van der Waals surface area contributed by atoms with Crippen LogP contribution >= 0.6 is 23.2 Å². The van der Waals surface area contributed by atoms with E-state index in [0.717, 1.165) is 11.1 Å².